The average molecular weight is 488 g/mol. The Labute approximate surface area is 207 Å². The lowest BCUT2D eigenvalue weighted by Crippen LogP contribution is -2.50. The van der Waals surface area contributed by atoms with E-state index in [2.05, 4.69) is 5.32 Å². The van der Waals surface area contributed by atoms with Crippen molar-refractivity contribution >= 4 is 30.6 Å². The maximum Gasteiger partial charge on any atom is 0.494 e. The van der Waals surface area contributed by atoms with Crippen molar-refractivity contribution in [1.82, 2.24) is 10.2 Å². The number of carboxylic acids is 1. The second-order valence-corrected chi connectivity index (χ2v) is 11.3. The summed E-state index contributed by atoms with van der Waals surface area (Å²) in [5, 5.41) is 12.0. The molecule has 2 amide bonds. The van der Waals surface area contributed by atoms with Crippen LogP contribution in [-0.2, 0) is 30.1 Å². The van der Waals surface area contributed by atoms with Gasteiger partial charge in [-0.25, -0.2) is 4.79 Å². The summed E-state index contributed by atoms with van der Waals surface area (Å²) in [5.74, 6) is -1.86. The summed E-state index contributed by atoms with van der Waals surface area (Å²) >= 11 is 0. The van der Waals surface area contributed by atoms with Crippen LogP contribution in [0, 0.1) is 5.92 Å². The molecule has 0 aliphatic carbocycles. The van der Waals surface area contributed by atoms with E-state index in [9.17, 15) is 19.5 Å². The van der Waals surface area contributed by atoms with Crippen molar-refractivity contribution in [2.75, 3.05) is 13.1 Å². The number of carbonyl (C=O) groups excluding carboxylic acids is 2. The zero-order chi connectivity index (χ0) is 26.2. The van der Waals surface area contributed by atoms with Gasteiger partial charge in [0.25, 0.3) is 0 Å². The maximum absolute atomic E-state index is 13.3. The predicted octanol–water partition coefficient (Wildman–Crippen LogP) is 2.35. The number of rotatable bonds is 6. The first-order valence-corrected chi connectivity index (χ1v) is 12.0. The van der Waals surface area contributed by atoms with Crippen LogP contribution in [0.2, 0.25) is 0 Å². The molecule has 0 radical (unpaired) electrons. The third-order valence-electron chi connectivity index (χ3n) is 6.75. The summed E-state index contributed by atoms with van der Waals surface area (Å²) in [6, 6.07) is 6.63. The molecule has 1 aromatic carbocycles. The molecule has 0 aromatic heterocycles. The fourth-order valence-corrected chi connectivity index (χ4v) is 4.11. The van der Waals surface area contributed by atoms with Crippen molar-refractivity contribution in [3.05, 3.63) is 29.8 Å². The first-order valence-electron chi connectivity index (χ1n) is 12.0. The van der Waals surface area contributed by atoms with Gasteiger partial charge in [-0.15, -0.1) is 0 Å². The molecule has 10 heteroatoms. The lowest BCUT2D eigenvalue weighted by atomic mass is 9.78. The monoisotopic (exact) mass is 488 g/mol. The normalized spacial score (nSPS) is 22.1. The molecule has 1 aromatic rings. The van der Waals surface area contributed by atoms with Crippen LogP contribution in [0.4, 0.5) is 4.79 Å². The molecule has 3 rings (SSSR count). The first-order chi connectivity index (χ1) is 16.1. The SMILES string of the molecule is CC(C)(C)OC(=O)NC(Cc1cccc(B2OC(C)(C)C(C)(C)O2)c1)C(=O)N1CC[C@H](C(=O)O)C1. The highest BCUT2D eigenvalue weighted by molar-refractivity contribution is 6.62. The second-order valence-electron chi connectivity index (χ2n) is 11.3. The fraction of sp³-hybridized carbons (Fsp3) is 0.640. The van der Waals surface area contributed by atoms with Gasteiger partial charge in [-0.1, -0.05) is 24.3 Å². The molecule has 2 heterocycles. The Morgan fingerprint density at radius 1 is 1.20 bits per heavy atom. The van der Waals surface area contributed by atoms with Gasteiger partial charge in [-0.2, -0.15) is 0 Å². The topological polar surface area (TPSA) is 114 Å². The van der Waals surface area contributed by atoms with E-state index in [0.717, 1.165) is 11.0 Å². The largest absolute Gasteiger partial charge is 0.494 e. The maximum atomic E-state index is 13.3. The van der Waals surface area contributed by atoms with E-state index in [4.69, 9.17) is 14.0 Å². The Morgan fingerprint density at radius 2 is 1.83 bits per heavy atom. The van der Waals surface area contributed by atoms with Gasteiger partial charge in [-0.05, 0) is 65.9 Å². The molecule has 2 aliphatic rings. The standard InChI is InChI=1S/C25H37BN2O7/c1-23(2,3)33-22(32)27-19(20(29)28-12-11-17(15-28)21(30)31)14-16-9-8-10-18(13-16)26-34-24(4,5)25(6,7)35-26/h8-10,13,17,19H,11-12,14-15H2,1-7H3,(H,27,32)(H,30,31)/t17-,19?/m0/s1. The molecular formula is C25H37BN2O7. The van der Waals surface area contributed by atoms with E-state index in [1.807, 2.05) is 52.0 Å². The van der Waals surface area contributed by atoms with Gasteiger partial charge < -0.3 is 29.4 Å². The molecule has 0 bridgehead atoms. The average Bonchev–Trinajstić information content (AvgIpc) is 3.28. The van der Waals surface area contributed by atoms with Gasteiger partial charge in [0, 0.05) is 19.5 Å². The lowest BCUT2D eigenvalue weighted by Gasteiger charge is -2.32. The molecule has 192 valence electrons. The minimum atomic E-state index is -0.924. The fourth-order valence-electron chi connectivity index (χ4n) is 4.11. The number of carboxylic acid groups (broad SMARTS) is 1. The number of likely N-dealkylation sites (tertiary alicyclic amines) is 1. The predicted molar refractivity (Wildman–Crippen MR) is 131 cm³/mol. The molecule has 2 atom stereocenters. The molecular weight excluding hydrogens is 451 g/mol. The highest BCUT2D eigenvalue weighted by atomic mass is 16.7. The molecule has 9 nitrogen and oxygen atoms in total. The highest BCUT2D eigenvalue weighted by Gasteiger charge is 2.51. The molecule has 1 unspecified atom stereocenters. The Kier molecular flexibility index (Phi) is 7.57. The van der Waals surface area contributed by atoms with Gasteiger partial charge in [-0.3, -0.25) is 9.59 Å². The molecule has 0 saturated carbocycles. The quantitative estimate of drug-likeness (QED) is 0.591. The Hall–Kier alpha value is -2.59. The van der Waals surface area contributed by atoms with Gasteiger partial charge >= 0.3 is 19.2 Å². The Bertz CT molecular complexity index is 957. The highest BCUT2D eigenvalue weighted by Crippen LogP contribution is 2.36. The van der Waals surface area contributed by atoms with Crippen LogP contribution < -0.4 is 10.8 Å². The van der Waals surface area contributed by atoms with Crippen molar-refractivity contribution in [2.45, 2.75) is 84.2 Å². The van der Waals surface area contributed by atoms with Crippen molar-refractivity contribution in [2.24, 2.45) is 5.92 Å². The van der Waals surface area contributed by atoms with Gasteiger partial charge in [0.15, 0.2) is 0 Å². The molecule has 2 aliphatic heterocycles. The minimum absolute atomic E-state index is 0.120. The Morgan fingerprint density at radius 3 is 2.37 bits per heavy atom. The third kappa shape index (κ3) is 6.55. The number of hydrogen-bond acceptors (Lipinski definition) is 6. The van der Waals surface area contributed by atoms with Gasteiger partial charge in [0.05, 0.1) is 17.1 Å². The number of amides is 2. The minimum Gasteiger partial charge on any atom is -0.481 e. The summed E-state index contributed by atoms with van der Waals surface area (Å²) in [4.78, 5) is 38.7. The van der Waals surface area contributed by atoms with Crippen LogP contribution in [-0.4, -0.2) is 71.0 Å². The van der Waals surface area contributed by atoms with Crippen molar-refractivity contribution in [3.63, 3.8) is 0 Å². The Balaban J connectivity index is 1.79. The molecule has 0 spiro atoms. The molecule has 2 N–H and O–H groups in total. The van der Waals surface area contributed by atoms with Gasteiger partial charge in [0.2, 0.25) is 5.91 Å². The van der Waals surface area contributed by atoms with Crippen molar-refractivity contribution in [3.8, 4) is 0 Å². The third-order valence-corrected chi connectivity index (χ3v) is 6.75. The van der Waals surface area contributed by atoms with Gasteiger partial charge in [0.1, 0.15) is 11.6 Å². The van der Waals surface area contributed by atoms with Crippen LogP contribution in [0.25, 0.3) is 0 Å². The zero-order valence-corrected chi connectivity index (χ0v) is 21.7. The number of hydrogen-bond donors (Lipinski definition) is 2. The molecule has 2 fully saturated rings. The van der Waals surface area contributed by atoms with E-state index < -0.39 is 47.9 Å². The number of ether oxygens (including phenoxy) is 1. The number of alkyl carbamates (subject to hydrolysis) is 1. The van der Waals surface area contributed by atoms with E-state index in [-0.39, 0.29) is 18.9 Å². The van der Waals surface area contributed by atoms with Crippen LogP contribution in [0.1, 0.15) is 60.5 Å². The summed E-state index contributed by atoms with van der Waals surface area (Å²) in [6.07, 6.45) is -0.107. The van der Waals surface area contributed by atoms with E-state index in [0.29, 0.717) is 13.0 Å². The number of nitrogens with zero attached hydrogens (tertiary/aromatic N) is 1. The van der Waals surface area contributed by atoms with Crippen molar-refractivity contribution in [1.29, 1.82) is 0 Å². The van der Waals surface area contributed by atoms with E-state index in [1.54, 1.807) is 20.8 Å². The molecule has 2 saturated heterocycles. The summed E-state index contributed by atoms with van der Waals surface area (Å²) in [6.45, 7) is 13.6. The smallest absolute Gasteiger partial charge is 0.481 e. The second kappa shape index (κ2) is 9.81. The molecule has 35 heavy (non-hydrogen) atoms. The summed E-state index contributed by atoms with van der Waals surface area (Å²) < 4.78 is 17.7. The number of benzene rings is 1. The van der Waals surface area contributed by atoms with E-state index >= 15 is 0 Å². The number of aliphatic carboxylic acids is 1. The zero-order valence-electron chi connectivity index (χ0n) is 21.7. The summed E-state index contributed by atoms with van der Waals surface area (Å²) in [5.41, 5.74) is -0.0737. The summed E-state index contributed by atoms with van der Waals surface area (Å²) in [7, 11) is -0.553. The van der Waals surface area contributed by atoms with Crippen LogP contribution >= 0.6 is 0 Å². The lowest BCUT2D eigenvalue weighted by molar-refractivity contribution is -0.141. The van der Waals surface area contributed by atoms with E-state index in [1.165, 1.54) is 4.90 Å². The van der Waals surface area contributed by atoms with Crippen LogP contribution in [0.5, 0.6) is 0 Å². The number of carbonyl (C=O) groups is 3. The first kappa shape index (κ1) is 27.0. The van der Waals surface area contributed by atoms with Crippen LogP contribution in [0.3, 0.4) is 0 Å². The number of nitrogens with one attached hydrogen (secondary N) is 1. The van der Waals surface area contributed by atoms with Crippen molar-refractivity contribution < 1.29 is 33.5 Å². The van der Waals surface area contributed by atoms with Crippen LogP contribution in [0.15, 0.2) is 24.3 Å².